The first-order valence-electron chi connectivity index (χ1n) is 6.97. The highest BCUT2D eigenvalue weighted by atomic mass is 16.2. The molecule has 17 heavy (non-hydrogen) atoms. The Hall–Kier alpha value is -0.570. The minimum Gasteiger partial charge on any atom is -0.337 e. The molecule has 1 amide bonds. The number of carbonyl (C=O) groups is 1. The quantitative estimate of drug-likeness (QED) is 0.760. The predicted molar refractivity (Wildman–Crippen MR) is 69.9 cm³/mol. The molecule has 1 heterocycles. The van der Waals surface area contributed by atoms with Crippen LogP contribution in [-0.2, 0) is 4.79 Å². The SMILES string of the molecule is CC(C)N1CC(C)(C)NC2(CCCCC2)C1=O. The normalized spacial score (nSPS) is 27.8. The molecule has 0 aromatic heterocycles. The molecule has 0 radical (unpaired) electrons. The van der Waals surface area contributed by atoms with Crippen molar-refractivity contribution in [2.75, 3.05) is 6.54 Å². The van der Waals surface area contributed by atoms with Gasteiger partial charge in [-0.2, -0.15) is 0 Å². The molecule has 0 aromatic rings. The average Bonchev–Trinajstić information content (AvgIpc) is 2.24. The van der Waals surface area contributed by atoms with E-state index in [2.05, 4.69) is 37.9 Å². The van der Waals surface area contributed by atoms with Gasteiger partial charge in [0.2, 0.25) is 5.91 Å². The van der Waals surface area contributed by atoms with Gasteiger partial charge in [0, 0.05) is 18.1 Å². The third kappa shape index (κ3) is 2.35. The number of hydrogen-bond acceptors (Lipinski definition) is 2. The Bertz CT molecular complexity index is 303. The summed E-state index contributed by atoms with van der Waals surface area (Å²) in [5.74, 6) is 0.339. The maximum absolute atomic E-state index is 12.7. The summed E-state index contributed by atoms with van der Waals surface area (Å²) >= 11 is 0. The fourth-order valence-electron chi connectivity index (χ4n) is 3.42. The predicted octanol–water partition coefficient (Wildman–Crippen LogP) is 2.31. The van der Waals surface area contributed by atoms with E-state index in [1.807, 2.05) is 0 Å². The molecule has 0 unspecified atom stereocenters. The Balaban J connectivity index is 2.28. The fourth-order valence-corrected chi connectivity index (χ4v) is 3.42. The highest BCUT2D eigenvalue weighted by molar-refractivity contribution is 5.88. The van der Waals surface area contributed by atoms with Crippen LogP contribution in [0.5, 0.6) is 0 Å². The lowest BCUT2D eigenvalue weighted by Gasteiger charge is -2.52. The van der Waals surface area contributed by atoms with Gasteiger partial charge in [-0.3, -0.25) is 10.1 Å². The molecular formula is C14H26N2O. The minimum atomic E-state index is -0.260. The number of carbonyl (C=O) groups excluding carboxylic acids is 1. The van der Waals surface area contributed by atoms with Crippen molar-refractivity contribution >= 4 is 5.91 Å². The van der Waals surface area contributed by atoms with E-state index in [1.165, 1.54) is 19.3 Å². The second-order valence-corrected chi connectivity index (χ2v) is 6.68. The molecule has 2 fully saturated rings. The van der Waals surface area contributed by atoms with Crippen LogP contribution in [0.1, 0.15) is 59.8 Å². The number of amides is 1. The van der Waals surface area contributed by atoms with E-state index in [9.17, 15) is 4.79 Å². The zero-order valence-corrected chi connectivity index (χ0v) is 11.7. The van der Waals surface area contributed by atoms with E-state index in [0.717, 1.165) is 19.4 Å². The summed E-state index contributed by atoms with van der Waals surface area (Å²) < 4.78 is 0. The van der Waals surface area contributed by atoms with Crippen molar-refractivity contribution in [1.82, 2.24) is 10.2 Å². The van der Waals surface area contributed by atoms with E-state index < -0.39 is 0 Å². The van der Waals surface area contributed by atoms with Crippen LogP contribution in [0.25, 0.3) is 0 Å². The second-order valence-electron chi connectivity index (χ2n) is 6.68. The minimum absolute atomic E-state index is 0.0372. The van der Waals surface area contributed by atoms with Crippen molar-refractivity contribution in [2.24, 2.45) is 0 Å². The van der Waals surface area contributed by atoms with Gasteiger partial charge in [0.1, 0.15) is 0 Å². The molecule has 2 rings (SSSR count). The van der Waals surface area contributed by atoms with Crippen molar-refractivity contribution in [2.45, 2.75) is 76.9 Å². The first kappa shape index (κ1) is 12.9. The molecule has 3 heteroatoms. The zero-order valence-electron chi connectivity index (χ0n) is 11.7. The summed E-state index contributed by atoms with van der Waals surface area (Å²) in [6, 6.07) is 0.308. The van der Waals surface area contributed by atoms with E-state index in [-0.39, 0.29) is 11.1 Å². The Labute approximate surface area is 105 Å². The van der Waals surface area contributed by atoms with E-state index in [4.69, 9.17) is 0 Å². The fraction of sp³-hybridized carbons (Fsp3) is 0.929. The summed E-state index contributed by atoms with van der Waals surface area (Å²) in [5, 5.41) is 3.65. The van der Waals surface area contributed by atoms with Gasteiger partial charge in [-0.05, 0) is 40.5 Å². The highest BCUT2D eigenvalue weighted by Gasteiger charge is 2.50. The third-order valence-electron chi connectivity index (χ3n) is 4.14. The highest BCUT2D eigenvalue weighted by Crippen LogP contribution is 2.35. The van der Waals surface area contributed by atoms with Gasteiger partial charge in [-0.25, -0.2) is 0 Å². The third-order valence-corrected chi connectivity index (χ3v) is 4.14. The summed E-state index contributed by atoms with van der Waals surface area (Å²) in [4.78, 5) is 14.8. The molecule has 1 saturated heterocycles. The van der Waals surface area contributed by atoms with E-state index in [0.29, 0.717) is 11.9 Å². The van der Waals surface area contributed by atoms with Gasteiger partial charge in [0.05, 0.1) is 5.54 Å². The molecule has 1 saturated carbocycles. The first-order chi connectivity index (χ1) is 7.86. The molecule has 1 aliphatic carbocycles. The lowest BCUT2D eigenvalue weighted by molar-refractivity contribution is -0.149. The lowest BCUT2D eigenvalue weighted by atomic mass is 9.76. The monoisotopic (exact) mass is 238 g/mol. The summed E-state index contributed by atoms with van der Waals surface area (Å²) in [6.07, 6.45) is 5.66. The Morgan fingerprint density at radius 2 is 1.76 bits per heavy atom. The Kier molecular flexibility index (Phi) is 3.23. The number of nitrogens with one attached hydrogen (secondary N) is 1. The van der Waals surface area contributed by atoms with Crippen molar-refractivity contribution in [3.8, 4) is 0 Å². The van der Waals surface area contributed by atoms with Crippen LogP contribution in [0.3, 0.4) is 0 Å². The van der Waals surface area contributed by atoms with Crippen LogP contribution in [0.2, 0.25) is 0 Å². The van der Waals surface area contributed by atoms with Gasteiger partial charge in [-0.15, -0.1) is 0 Å². The van der Waals surface area contributed by atoms with Crippen molar-refractivity contribution < 1.29 is 4.79 Å². The molecule has 2 aliphatic rings. The number of hydrogen-bond donors (Lipinski definition) is 1. The average molecular weight is 238 g/mol. The van der Waals surface area contributed by atoms with Crippen LogP contribution in [0.15, 0.2) is 0 Å². The largest absolute Gasteiger partial charge is 0.337 e. The second kappa shape index (κ2) is 4.27. The van der Waals surface area contributed by atoms with Gasteiger partial charge in [-0.1, -0.05) is 19.3 Å². The van der Waals surface area contributed by atoms with Crippen LogP contribution in [0.4, 0.5) is 0 Å². The van der Waals surface area contributed by atoms with Crippen LogP contribution < -0.4 is 5.32 Å². The molecule has 0 bridgehead atoms. The molecule has 1 aliphatic heterocycles. The molecule has 98 valence electrons. The van der Waals surface area contributed by atoms with Gasteiger partial charge < -0.3 is 4.90 Å². The number of rotatable bonds is 1. The topological polar surface area (TPSA) is 32.3 Å². The summed E-state index contributed by atoms with van der Waals surface area (Å²) in [6.45, 7) is 9.49. The van der Waals surface area contributed by atoms with Crippen molar-refractivity contribution in [3.05, 3.63) is 0 Å². The maximum atomic E-state index is 12.7. The first-order valence-corrected chi connectivity index (χ1v) is 6.97. The number of nitrogens with zero attached hydrogens (tertiary/aromatic N) is 1. The maximum Gasteiger partial charge on any atom is 0.243 e. The summed E-state index contributed by atoms with van der Waals surface area (Å²) in [7, 11) is 0. The Morgan fingerprint density at radius 1 is 1.18 bits per heavy atom. The van der Waals surface area contributed by atoms with Gasteiger partial charge >= 0.3 is 0 Å². The van der Waals surface area contributed by atoms with Gasteiger partial charge in [0.25, 0.3) is 0 Å². The molecular weight excluding hydrogens is 212 g/mol. The van der Waals surface area contributed by atoms with Gasteiger partial charge in [0.15, 0.2) is 0 Å². The zero-order chi connectivity index (χ0) is 12.7. The lowest BCUT2D eigenvalue weighted by Crippen LogP contribution is -2.73. The standard InChI is InChI=1S/C14H26N2O/c1-11(2)16-10-13(3,4)15-14(12(16)17)8-6-5-7-9-14/h11,15H,5-10H2,1-4H3. The number of piperazine rings is 1. The van der Waals surface area contributed by atoms with Crippen LogP contribution in [-0.4, -0.2) is 34.5 Å². The Morgan fingerprint density at radius 3 is 2.29 bits per heavy atom. The van der Waals surface area contributed by atoms with E-state index in [1.54, 1.807) is 0 Å². The molecule has 3 nitrogen and oxygen atoms in total. The molecule has 1 N–H and O–H groups in total. The molecule has 0 atom stereocenters. The smallest absolute Gasteiger partial charge is 0.243 e. The molecule has 0 aromatic carbocycles. The molecule has 1 spiro atoms. The van der Waals surface area contributed by atoms with Crippen LogP contribution in [0, 0.1) is 0 Å². The van der Waals surface area contributed by atoms with Crippen LogP contribution >= 0.6 is 0 Å². The summed E-state index contributed by atoms with van der Waals surface area (Å²) in [5.41, 5.74) is -0.222. The van der Waals surface area contributed by atoms with E-state index >= 15 is 0 Å². The van der Waals surface area contributed by atoms with Crippen molar-refractivity contribution in [1.29, 1.82) is 0 Å². The van der Waals surface area contributed by atoms with Crippen molar-refractivity contribution in [3.63, 3.8) is 0 Å².